The summed E-state index contributed by atoms with van der Waals surface area (Å²) in [7, 11) is 0. The molecule has 0 heterocycles. The molecule has 0 saturated heterocycles. The van der Waals surface area contributed by atoms with Crippen molar-refractivity contribution < 1.29 is 25.3 Å². The molecule has 0 atom stereocenters. The molecule has 0 bridgehead atoms. The first-order valence-corrected chi connectivity index (χ1v) is 1.22. The number of nitrogens with zero attached hydrogens (tertiary/aromatic N) is 1. The van der Waals surface area contributed by atoms with Crippen LogP contribution in [-0.2, 0) is 0 Å². The molecule has 0 fully saturated rings. The summed E-state index contributed by atoms with van der Waals surface area (Å²) < 4.78 is 0. The van der Waals surface area contributed by atoms with E-state index in [1.54, 1.807) is 0 Å². The molecule has 3 N–H and O–H groups in total. The Labute approximate surface area is 89.6 Å². The van der Waals surface area contributed by atoms with Crippen LogP contribution in [0.4, 0.5) is 4.79 Å². The molecule has 0 aliphatic rings. The van der Waals surface area contributed by atoms with Crippen LogP contribution in [0.3, 0.4) is 0 Å². The predicted molar refractivity (Wildman–Crippen MR) is 33.7 cm³/mol. The molecule has 0 radical (unpaired) electrons. The van der Waals surface area contributed by atoms with Crippen LogP contribution >= 0.6 is 0 Å². The zero-order chi connectivity index (χ0) is 7.15. The average molecular weight is 157 g/mol. The van der Waals surface area contributed by atoms with E-state index in [1.165, 1.54) is 0 Å². The van der Waals surface area contributed by atoms with Crippen LogP contribution < -0.4 is 0 Å². The van der Waals surface area contributed by atoms with E-state index in [4.69, 9.17) is 30.3 Å². The molecular weight excluding hydrogens is 152 g/mol. The van der Waals surface area contributed by atoms with Crippen molar-refractivity contribution in [1.29, 1.82) is 0 Å². The van der Waals surface area contributed by atoms with Gasteiger partial charge in [0.2, 0.25) is 0 Å². The first-order valence-electron chi connectivity index (χ1n) is 1.22. The van der Waals surface area contributed by atoms with Crippen LogP contribution in [-0.4, -0.2) is 75.1 Å². The van der Waals surface area contributed by atoms with Gasteiger partial charge in [0.1, 0.15) is 0 Å². The van der Waals surface area contributed by atoms with Crippen molar-refractivity contribution in [2.24, 2.45) is 0 Å². The summed E-state index contributed by atoms with van der Waals surface area (Å²) in [5.41, 5.74) is 0. The predicted octanol–water partition coefficient (Wildman–Crippen LogP) is -1.42. The average Bonchev–Trinajstić information content (AvgIpc) is 1.25. The summed E-state index contributed by atoms with van der Waals surface area (Å²) in [4.78, 5) is 16.9. The summed E-state index contributed by atoms with van der Waals surface area (Å²) in [5.74, 6) is 0. The molecule has 0 aromatic heterocycles. The van der Waals surface area contributed by atoms with Gasteiger partial charge < -0.3 is 15.4 Å². The Hall–Kier alpha value is 0.0674. The molecule has 0 aromatic carbocycles. The molecule has 0 aromatic rings. The van der Waals surface area contributed by atoms with E-state index in [0.29, 0.717) is 0 Å². The number of hydrogen-bond acceptors (Lipinski definition) is 3. The molecule has 0 rings (SSSR count). The van der Waals surface area contributed by atoms with E-state index < -0.39 is 11.2 Å². The molecular formula is CH5LiNNaO6. The Balaban J connectivity index is -0.0000000300. The zero-order valence-electron chi connectivity index (χ0n) is 3.51. The Morgan fingerprint density at radius 1 is 1.40 bits per heavy atom. The van der Waals surface area contributed by atoms with Crippen molar-refractivity contribution in [3.63, 3.8) is 0 Å². The van der Waals surface area contributed by atoms with Crippen molar-refractivity contribution in [3.05, 3.63) is 10.1 Å². The van der Waals surface area contributed by atoms with Crippen molar-refractivity contribution in [2.75, 3.05) is 0 Å². The summed E-state index contributed by atoms with van der Waals surface area (Å²) in [6.07, 6.45) is -1.83. The van der Waals surface area contributed by atoms with Gasteiger partial charge in [-0.2, -0.15) is 0 Å². The van der Waals surface area contributed by atoms with Gasteiger partial charge in [-0.25, -0.2) is 4.79 Å². The van der Waals surface area contributed by atoms with Gasteiger partial charge >= 0.3 is 54.6 Å². The van der Waals surface area contributed by atoms with E-state index in [1.807, 2.05) is 0 Å². The van der Waals surface area contributed by atoms with Gasteiger partial charge in [0.25, 0.3) is 5.09 Å². The van der Waals surface area contributed by atoms with Crippen LogP contribution in [0.25, 0.3) is 0 Å². The maximum absolute atomic E-state index is 8.56. The van der Waals surface area contributed by atoms with Crippen LogP contribution in [0.2, 0.25) is 0 Å². The van der Waals surface area contributed by atoms with Gasteiger partial charge in [-0.05, 0) is 0 Å². The van der Waals surface area contributed by atoms with Crippen LogP contribution in [0.5, 0.6) is 0 Å². The second-order valence-corrected chi connectivity index (χ2v) is 0.520. The third-order valence-corrected chi connectivity index (χ3v) is 0. The van der Waals surface area contributed by atoms with Gasteiger partial charge in [0, 0.05) is 0 Å². The first-order chi connectivity index (χ1) is 3.46. The van der Waals surface area contributed by atoms with Gasteiger partial charge in [-0.3, -0.25) is 0 Å². The minimum atomic E-state index is -1.83. The molecule has 10 heavy (non-hydrogen) atoms. The monoisotopic (exact) mass is 157 g/mol. The molecule has 0 saturated carbocycles. The molecule has 0 spiro atoms. The fraction of sp³-hybridized carbons (Fsp3) is 0. The van der Waals surface area contributed by atoms with E-state index in [-0.39, 0.29) is 48.4 Å². The summed E-state index contributed by atoms with van der Waals surface area (Å²) in [5, 5.41) is 27.6. The zero-order valence-corrected chi connectivity index (χ0v) is 3.51. The molecule has 7 nitrogen and oxygen atoms in total. The molecule has 0 amide bonds. The van der Waals surface area contributed by atoms with Gasteiger partial charge in [-0.15, -0.1) is 10.1 Å². The van der Waals surface area contributed by atoms with Crippen molar-refractivity contribution in [2.45, 2.75) is 0 Å². The van der Waals surface area contributed by atoms with Gasteiger partial charge in [0.05, 0.1) is 0 Å². The maximum atomic E-state index is 8.56. The van der Waals surface area contributed by atoms with Gasteiger partial charge in [0.15, 0.2) is 0 Å². The van der Waals surface area contributed by atoms with E-state index in [2.05, 4.69) is 0 Å². The summed E-state index contributed by atoms with van der Waals surface area (Å²) in [6.45, 7) is 0. The molecule has 9 heteroatoms. The Kier molecular flexibility index (Phi) is 36.0. The Bertz CT molecular complexity index is 75.7. The normalized spacial score (nSPS) is 4.80. The van der Waals surface area contributed by atoms with Crippen LogP contribution in [0, 0.1) is 10.1 Å². The third kappa shape index (κ3) is 88700. The third-order valence-electron chi connectivity index (χ3n) is 0. The topological polar surface area (TPSA) is 121 Å². The molecule has 0 aliphatic carbocycles. The standard InChI is InChI=1S/CH2O3.Li.HNO3.Na.2H/c2-1(3)4;;2-1(3)4;;;/h(H2,2,3,4);;(H,2,3,4);;;. The van der Waals surface area contributed by atoms with Crippen LogP contribution in [0.15, 0.2) is 0 Å². The number of carboxylic acid groups (broad SMARTS) is 2. The molecule has 52 valence electrons. The molecule has 0 unspecified atom stereocenters. The second kappa shape index (κ2) is 16.0. The Morgan fingerprint density at radius 3 is 1.40 bits per heavy atom. The summed E-state index contributed by atoms with van der Waals surface area (Å²) in [6, 6.07) is 0. The number of rotatable bonds is 0. The first kappa shape index (κ1) is 22.5. The van der Waals surface area contributed by atoms with Crippen molar-refractivity contribution in [1.82, 2.24) is 0 Å². The minimum absolute atomic E-state index is 0. The quantitative estimate of drug-likeness (QED) is 0.225. The van der Waals surface area contributed by atoms with E-state index >= 15 is 0 Å². The van der Waals surface area contributed by atoms with E-state index in [0.717, 1.165) is 0 Å². The second-order valence-electron chi connectivity index (χ2n) is 0.520. The number of carbonyl (C=O) groups is 1. The Morgan fingerprint density at radius 2 is 1.40 bits per heavy atom. The molecule has 0 aliphatic heterocycles. The summed E-state index contributed by atoms with van der Waals surface area (Å²) >= 11 is 0. The number of hydrogen-bond donors (Lipinski definition) is 3. The SMILES string of the molecule is O=C(O)O.O=[N+]([O-])O.[LiH].[NaH]. The van der Waals surface area contributed by atoms with E-state index in [9.17, 15) is 0 Å². The van der Waals surface area contributed by atoms with Crippen LogP contribution in [0.1, 0.15) is 0 Å². The fourth-order valence-corrected chi connectivity index (χ4v) is 0. The fourth-order valence-electron chi connectivity index (χ4n) is 0. The van der Waals surface area contributed by atoms with Crippen molar-refractivity contribution >= 4 is 54.6 Å². The van der Waals surface area contributed by atoms with Gasteiger partial charge in [-0.1, -0.05) is 0 Å². The van der Waals surface area contributed by atoms with Crippen molar-refractivity contribution in [3.8, 4) is 0 Å².